The highest BCUT2D eigenvalue weighted by Gasteiger charge is 2.29. The first-order valence-corrected chi connectivity index (χ1v) is 8.03. The lowest BCUT2D eigenvalue weighted by Crippen LogP contribution is -2.49. The highest BCUT2D eigenvalue weighted by atomic mass is 79.9. The van der Waals surface area contributed by atoms with Crippen molar-refractivity contribution in [2.75, 3.05) is 6.61 Å². The van der Waals surface area contributed by atoms with Gasteiger partial charge in [0.2, 0.25) is 0 Å². The molecular formula is C16H20BrNO3. The second-order valence-electron chi connectivity index (χ2n) is 5.49. The Morgan fingerprint density at radius 1 is 1.24 bits per heavy atom. The molecule has 2 rings (SSSR count). The average Bonchev–Trinajstić information content (AvgIpc) is 2.45. The lowest BCUT2D eigenvalue weighted by molar-refractivity contribution is -0.140. The number of amides is 1. The van der Waals surface area contributed by atoms with Crippen LogP contribution < -0.4 is 0 Å². The van der Waals surface area contributed by atoms with Gasteiger partial charge in [-0.1, -0.05) is 12.1 Å². The smallest absolute Gasteiger partial charge is 0.339 e. The van der Waals surface area contributed by atoms with Crippen molar-refractivity contribution in [1.29, 1.82) is 0 Å². The number of ether oxygens (including phenoxy) is 1. The van der Waals surface area contributed by atoms with Crippen molar-refractivity contribution in [2.24, 2.45) is 0 Å². The lowest BCUT2D eigenvalue weighted by Gasteiger charge is -2.38. The van der Waals surface area contributed by atoms with E-state index in [1.165, 1.54) is 0 Å². The third kappa shape index (κ3) is 3.84. The van der Waals surface area contributed by atoms with E-state index in [0.29, 0.717) is 10.0 Å². The van der Waals surface area contributed by atoms with Crippen LogP contribution in [0.4, 0.5) is 0 Å². The molecule has 1 amide bonds. The number of piperidine rings is 1. The molecule has 0 saturated carbocycles. The zero-order valence-electron chi connectivity index (χ0n) is 12.3. The monoisotopic (exact) mass is 353 g/mol. The highest BCUT2D eigenvalue weighted by Crippen LogP contribution is 2.23. The molecule has 0 unspecified atom stereocenters. The molecule has 1 aliphatic heterocycles. The number of hydrogen-bond donors (Lipinski definition) is 0. The third-order valence-electron chi connectivity index (χ3n) is 3.90. The molecule has 1 heterocycles. The van der Waals surface area contributed by atoms with Crippen molar-refractivity contribution in [1.82, 2.24) is 4.90 Å². The number of halogens is 1. The molecule has 2 atom stereocenters. The summed E-state index contributed by atoms with van der Waals surface area (Å²) in [6.07, 6.45) is 3.16. The Morgan fingerprint density at radius 3 is 2.48 bits per heavy atom. The highest BCUT2D eigenvalue weighted by molar-refractivity contribution is 9.10. The summed E-state index contributed by atoms with van der Waals surface area (Å²) in [7, 11) is 0. The van der Waals surface area contributed by atoms with Crippen LogP contribution in [-0.2, 0) is 9.53 Å². The fraction of sp³-hybridized carbons (Fsp3) is 0.500. The molecule has 1 aliphatic rings. The SMILES string of the molecule is C[C@@H]1CCC[C@@H](C)N1C(=O)COC(=O)c1ccccc1Br. The minimum absolute atomic E-state index is 0.116. The van der Waals surface area contributed by atoms with Gasteiger partial charge >= 0.3 is 5.97 Å². The van der Waals surface area contributed by atoms with E-state index in [0.717, 1.165) is 19.3 Å². The summed E-state index contributed by atoms with van der Waals surface area (Å²) < 4.78 is 5.83. The Hall–Kier alpha value is -1.36. The van der Waals surface area contributed by atoms with Crippen LogP contribution in [0.2, 0.25) is 0 Å². The number of carbonyl (C=O) groups is 2. The van der Waals surface area contributed by atoms with E-state index >= 15 is 0 Å². The summed E-state index contributed by atoms with van der Waals surface area (Å²) in [4.78, 5) is 26.1. The van der Waals surface area contributed by atoms with Crippen LogP contribution in [0.15, 0.2) is 28.7 Å². The number of esters is 1. The van der Waals surface area contributed by atoms with Crippen molar-refractivity contribution in [2.45, 2.75) is 45.2 Å². The standard InChI is InChI=1S/C16H20BrNO3/c1-11-6-5-7-12(2)18(11)15(19)10-21-16(20)13-8-3-4-9-14(13)17/h3-4,8-9,11-12H,5-7,10H2,1-2H3/t11-,12-/m1/s1. The summed E-state index contributed by atoms with van der Waals surface area (Å²) in [5, 5.41) is 0. The van der Waals surface area contributed by atoms with E-state index in [4.69, 9.17) is 4.74 Å². The van der Waals surface area contributed by atoms with Gasteiger partial charge < -0.3 is 9.64 Å². The van der Waals surface area contributed by atoms with Crippen LogP contribution in [-0.4, -0.2) is 35.5 Å². The number of likely N-dealkylation sites (tertiary alicyclic amines) is 1. The zero-order valence-corrected chi connectivity index (χ0v) is 13.9. The van der Waals surface area contributed by atoms with Crippen molar-refractivity contribution in [3.05, 3.63) is 34.3 Å². The van der Waals surface area contributed by atoms with Gasteiger partial charge in [-0.15, -0.1) is 0 Å². The van der Waals surface area contributed by atoms with Crippen molar-refractivity contribution in [3.63, 3.8) is 0 Å². The summed E-state index contributed by atoms with van der Waals surface area (Å²) in [6.45, 7) is 3.89. The number of rotatable bonds is 3. The first-order chi connectivity index (χ1) is 10.0. The van der Waals surface area contributed by atoms with E-state index in [2.05, 4.69) is 15.9 Å². The molecule has 0 radical (unpaired) electrons. The van der Waals surface area contributed by atoms with E-state index in [1.54, 1.807) is 18.2 Å². The molecule has 114 valence electrons. The second kappa shape index (κ2) is 7.07. The Labute approximate surface area is 133 Å². The predicted octanol–water partition coefficient (Wildman–Crippen LogP) is 3.40. The molecule has 0 aromatic heterocycles. The fourth-order valence-corrected chi connectivity index (χ4v) is 3.27. The van der Waals surface area contributed by atoms with Crippen molar-refractivity contribution >= 4 is 27.8 Å². The summed E-state index contributed by atoms with van der Waals surface area (Å²) >= 11 is 3.30. The van der Waals surface area contributed by atoms with Crippen molar-refractivity contribution in [3.8, 4) is 0 Å². The van der Waals surface area contributed by atoms with Gasteiger partial charge in [-0.2, -0.15) is 0 Å². The van der Waals surface area contributed by atoms with Crippen LogP contribution in [0, 0.1) is 0 Å². The molecule has 0 N–H and O–H groups in total. The minimum atomic E-state index is -0.479. The molecule has 0 spiro atoms. The van der Waals surface area contributed by atoms with Gasteiger partial charge in [-0.05, 0) is 61.2 Å². The summed E-state index contributed by atoms with van der Waals surface area (Å²) in [5.41, 5.74) is 0.435. The molecule has 1 saturated heterocycles. The molecular weight excluding hydrogens is 334 g/mol. The summed E-state index contributed by atoms with van der Waals surface area (Å²) in [5.74, 6) is -0.594. The molecule has 21 heavy (non-hydrogen) atoms. The predicted molar refractivity (Wildman–Crippen MR) is 84.0 cm³/mol. The Morgan fingerprint density at radius 2 is 1.86 bits per heavy atom. The van der Waals surface area contributed by atoms with E-state index in [9.17, 15) is 9.59 Å². The molecule has 5 heteroatoms. The summed E-state index contributed by atoms with van der Waals surface area (Å²) in [6, 6.07) is 7.45. The number of carbonyl (C=O) groups excluding carboxylic acids is 2. The maximum atomic E-state index is 12.3. The minimum Gasteiger partial charge on any atom is -0.452 e. The molecule has 1 aromatic carbocycles. The quantitative estimate of drug-likeness (QED) is 0.782. The lowest BCUT2D eigenvalue weighted by atomic mass is 9.97. The van der Waals surface area contributed by atoms with Gasteiger partial charge in [0.15, 0.2) is 6.61 Å². The third-order valence-corrected chi connectivity index (χ3v) is 4.59. The Balaban J connectivity index is 1.95. The number of benzene rings is 1. The number of hydrogen-bond acceptors (Lipinski definition) is 3. The van der Waals surface area contributed by atoms with E-state index < -0.39 is 5.97 Å². The van der Waals surface area contributed by atoms with Gasteiger partial charge in [-0.3, -0.25) is 4.79 Å². The molecule has 0 bridgehead atoms. The van der Waals surface area contributed by atoms with Crippen molar-refractivity contribution < 1.29 is 14.3 Å². The average molecular weight is 354 g/mol. The van der Waals surface area contributed by atoms with E-state index in [1.807, 2.05) is 24.8 Å². The van der Waals surface area contributed by atoms with Crippen LogP contribution in [0.5, 0.6) is 0 Å². The van der Waals surface area contributed by atoms with Crippen LogP contribution in [0.1, 0.15) is 43.5 Å². The first kappa shape index (κ1) is 16.0. The molecule has 1 aromatic rings. The molecule has 1 fully saturated rings. The normalized spacial score (nSPS) is 22.0. The van der Waals surface area contributed by atoms with Gasteiger partial charge in [0.25, 0.3) is 5.91 Å². The van der Waals surface area contributed by atoms with Crippen LogP contribution >= 0.6 is 15.9 Å². The topological polar surface area (TPSA) is 46.6 Å². The zero-order chi connectivity index (χ0) is 15.4. The van der Waals surface area contributed by atoms with Crippen LogP contribution in [0.3, 0.4) is 0 Å². The van der Waals surface area contributed by atoms with Gasteiger partial charge in [0.05, 0.1) is 5.56 Å². The van der Waals surface area contributed by atoms with Crippen LogP contribution in [0.25, 0.3) is 0 Å². The van der Waals surface area contributed by atoms with Gasteiger partial charge in [-0.25, -0.2) is 4.79 Å². The van der Waals surface area contributed by atoms with Gasteiger partial charge in [0, 0.05) is 16.6 Å². The molecule has 4 nitrogen and oxygen atoms in total. The maximum Gasteiger partial charge on any atom is 0.339 e. The molecule has 0 aliphatic carbocycles. The number of nitrogens with zero attached hydrogens (tertiary/aromatic N) is 1. The first-order valence-electron chi connectivity index (χ1n) is 7.23. The van der Waals surface area contributed by atoms with Gasteiger partial charge in [0.1, 0.15) is 0 Å². The fourth-order valence-electron chi connectivity index (χ4n) is 2.82. The second-order valence-corrected chi connectivity index (χ2v) is 6.34. The van der Waals surface area contributed by atoms with E-state index in [-0.39, 0.29) is 24.6 Å². The largest absolute Gasteiger partial charge is 0.452 e. The maximum absolute atomic E-state index is 12.3. The Kier molecular flexibility index (Phi) is 5.39. The Bertz CT molecular complexity index is 522.